The number of aliphatic hydroxyl groups excluding tert-OH is 1. The monoisotopic (exact) mass is 256 g/mol. The van der Waals surface area contributed by atoms with E-state index in [1.807, 2.05) is 0 Å². The fourth-order valence-electron chi connectivity index (χ4n) is 1.48. The Morgan fingerprint density at radius 2 is 2.06 bits per heavy atom. The van der Waals surface area contributed by atoms with Gasteiger partial charge in [0, 0.05) is 23.4 Å². The first-order valence-corrected chi connectivity index (χ1v) is 7.01. The summed E-state index contributed by atoms with van der Waals surface area (Å²) in [4.78, 5) is 4.62. The third kappa shape index (κ3) is 4.37. The number of nitrogens with zero attached hydrogens (tertiary/aromatic N) is 1. The van der Waals surface area contributed by atoms with Crippen LogP contribution in [0.2, 0.25) is 0 Å². The molecule has 0 spiro atoms. The predicted octanol–water partition coefficient (Wildman–Crippen LogP) is 2.55. The molecule has 0 fully saturated rings. The van der Waals surface area contributed by atoms with E-state index >= 15 is 0 Å². The molecule has 0 aliphatic carbocycles. The van der Waals surface area contributed by atoms with Gasteiger partial charge in [0.1, 0.15) is 0 Å². The molecule has 98 valence electrons. The van der Waals surface area contributed by atoms with Crippen molar-refractivity contribution in [3.05, 3.63) is 16.1 Å². The minimum absolute atomic E-state index is 0.122. The van der Waals surface area contributed by atoms with Crippen LogP contribution in [-0.2, 0) is 12.0 Å². The number of hydrogen-bond acceptors (Lipinski definition) is 4. The van der Waals surface area contributed by atoms with Gasteiger partial charge in [0.05, 0.1) is 17.3 Å². The van der Waals surface area contributed by atoms with Crippen molar-refractivity contribution in [2.24, 2.45) is 5.92 Å². The molecule has 0 amide bonds. The molecule has 0 aliphatic rings. The maximum atomic E-state index is 9.23. The molecule has 1 atom stereocenters. The summed E-state index contributed by atoms with van der Waals surface area (Å²) in [5, 5.41) is 15.8. The molecule has 1 heterocycles. The van der Waals surface area contributed by atoms with Gasteiger partial charge in [-0.2, -0.15) is 0 Å². The van der Waals surface area contributed by atoms with E-state index in [-0.39, 0.29) is 18.1 Å². The number of hydrogen-bond donors (Lipinski definition) is 2. The zero-order valence-electron chi connectivity index (χ0n) is 11.4. The van der Waals surface area contributed by atoms with E-state index in [1.54, 1.807) is 11.3 Å². The predicted molar refractivity (Wildman–Crippen MR) is 73.4 cm³/mol. The first-order chi connectivity index (χ1) is 7.84. The van der Waals surface area contributed by atoms with Crippen LogP contribution < -0.4 is 5.32 Å². The zero-order valence-corrected chi connectivity index (χ0v) is 12.3. The zero-order chi connectivity index (χ0) is 13.1. The number of nitrogens with one attached hydrogen (secondary N) is 1. The van der Waals surface area contributed by atoms with Crippen LogP contribution in [0, 0.1) is 5.92 Å². The van der Waals surface area contributed by atoms with Crippen molar-refractivity contribution < 1.29 is 5.11 Å². The molecule has 0 aliphatic heterocycles. The van der Waals surface area contributed by atoms with Crippen LogP contribution in [0.15, 0.2) is 5.38 Å². The van der Waals surface area contributed by atoms with Gasteiger partial charge in [-0.1, -0.05) is 34.6 Å². The van der Waals surface area contributed by atoms with Gasteiger partial charge in [0.25, 0.3) is 0 Å². The molecule has 0 unspecified atom stereocenters. The third-order valence-corrected chi connectivity index (χ3v) is 4.06. The Balaban J connectivity index is 2.56. The molecular weight excluding hydrogens is 232 g/mol. The summed E-state index contributed by atoms with van der Waals surface area (Å²) >= 11 is 1.71. The van der Waals surface area contributed by atoms with Crippen molar-refractivity contribution in [2.45, 2.75) is 52.6 Å². The van der Waals surface area contributed by atoms with E-state index in [1.165, 1.54) is 5.01 Å². The van der Waals surface area contributed by atoms with Crippen LogP contribution in [0.5, 0.6) is 0 Å². The molecule has 0 saturated heterocycles. The first kappa shape index (κ1) is 14.6. The van der Waals surface area contributed by atoms with Crippen LogP contribution in [-0.4, -0.2) is 22.7 Å². The number of rotatable bonds is 5. The molecule has 0 aromatic carbocycles. The highest BCUT2D eigenvalue weighted by Crippen LogP contribution is 2.25. The Labute approximate surface area is 108 Å². The van der Waals surface area contributed by atoms with Crippen molar-refractivity contribution in [1.29, 1.82) is 0 Å². The number of aliphatic hydroxyl groups is 1. The average molecular weight is 256 g/mol. The van der Waals surface area contributed by atoms with Gasteiger partial charge >= 0.3 is 0 Å². The molecule has 3 nitrogen and oxygen atoms in total. The van der Waals surface area contributed by atoms with Gasteiger partial charge in [-0.25, -0.2) is 4.98 Å². The lowest BCUT2D eigenvalue weighted by Gasteiger charge is -2.19. The van der Waals surface area contributed by atoms with Gasteiger partial charge in [0.15, 0.2) is 0 Å². The lowest BCUT2D eigenvalue weighted by atomic mass is 9.98. The normalized spacial score (nSPS) is 14.3. The summed E-state index contributed by atoms with van der Waals surface area (Å²) in [6, 6.07) is 0.148. The quantitative estimate of drug-likeness (QED) is 0.851. The molecule has 1 rings (SSSR count). The van der Waals surface area contributed by atoms with Gasteiger partial charge in [0.2, 0.25) is 0 Å². The lowest BCUT2D eigenvalue weighted by molar-refractivity contribution is 0.209. The van der Waals surface area contributed by atoms with E-state index in [0.29, 0.717) is 5.92 Å². The Kier molecular flexibility index (Phi) is 5.10. The van der Waals surface area contributed by atoms with Crippen molar-refractivity contribution in [3.8, 4) is 0 Å². The van der Waals surface area contributed by atoms with Crippen LogP contribution in [0.3, 0.4) is 0 Å². The van der Waals surface area contributed by atoms with E-state index in [4.69, 9.17) is 0 Å². The van der Waals surface area contributed by atoms with E-state index in [2.05, 4.69) is 50.3 Å². The third-order valence-electron chi connectivity index (χ3n) is 2.74. The molecule has 17 heavy (non-hydrogen) atoms. The van der Waals surface area contributed by atoms with E-state index < -0.39 is 0 Å². The molecule has 0 bridgehead atoms. The lowest BCUT2D eigenvalue weighted by Crippen LogP contribution is -2.36. The fraction of sp³-hybridized carbons (Fsp3) is 0.769. The summed E-state index contributed by atoms with van der Waals surface area (Å²) in [5.74, 6) is 0.431. The second kappa shape index (κ2) is 5.94. The smallest absolute Gasteiger partial charge is 0.0982 e. The Morgan fingerprint density at radius 3 is 2.47 bits per heavy atom. The standard InChI is InChI=1S/C13H24N2OS/c1-9(2)11(7-16)14-6-10-8-17-12(15-10)13(3,4)5/h8-9,11,14,16H,6-7H2,1-5H3/t11-/m1/s1. The summed E-state index contributed by atoms with van der Waals surface area (Å²) in [7, 11) is 0. The van der Waals surface area contributed by atoms with Crippen molar-refractivity contribution in [3.63, 3.8) is 0 Å². The fourth-order valence-corrected chi connectivity index (χ4v) is 2.39. The molecule has 0 radical (unpaired) electrons. The summed E-state index contributed by atoms with van der Waals surface area (Å²) in [6.07, 6.45) is 0. The SMILES string of the molecule is CC(C)[C@@H](CO)NCc1csc(C(C)(C)C)n1. The van der Waals surface area contributed by atoms with Crippen molar-refractivity contribution in [2.75, 3.05) is 6.61 Å². The summed E-state index contributed by atoms with van der Waals surface area (Å²) in [5.41, 5.74) is 1.19. The highest BCUT2D eigenvalue weighted by Gasteiger charge is 2.18. The van der Waals surface area contributed by atoms with E-state index in [9.17, 15) is 5.11 Å². The second-order valence-electron chi connectivity index (χ2n) is 5.81. The highest BCUT2D eigenvalue weighted by molar-refractivity contribution is 7.09. The minimum atomic E-state index is 0.122. The number of aromatic nitrogens is 1. The summed E-state index contributed by atoms with van der Waals surface area (Å²) in [6.45, 7) is 11.6. The van der Waals surface area contributed by atoms with Gasteiger partial charge in [-0.3, -0.25) is 0 Å². The van der Waals surface area contributed by atoms with Crippen molar-refractivity contribution in [1.82, 2.24) is 10.3 Å². The second-order valence-corrected chi connectivity index (χ2v) is 6.67. The topological polar surface area (TPSA) is 45.1 Å². The molecule has 4 heteroatoms. The first-order valence-electron chi connectivity index (χ1n) is 6.13. The van der Waals surface area contributed by atoms with Gasteiger partial charge < -0.3 is 10.4 Å². The maximum absolute atomic E-state index is 9.23. The Bertz CT molecular complexity index is 341. The summed E-state index contributed by atoms with van der Waals surface area (Å²) < 4.78 is 0. The molecule has 1 aromatic heterocycles. The van der Waals surface area contributed by atoms with Gasteiger partial charge in [-0.05, 0) is 5.92 Å². The number of thiazole rings is 1. The van der Waals surface area contributed by atoms with Crippen LogP contribution in [0.1, 0.15) is 45.3 Å². The highest BCUT2D eigenvalue weighted by atomic mass is 32.1. The Morgan fingerprint density at radius 1 is 1.41 bits per heavy atom. The Hall–Kier alpha value is -0.450. The van der Waals surface area contributed by atoms with Crippen LogP contribution >= 0.6 is 11.3 Å². The molecule has 1 aromatic rings. The van der Waals surface area contributed by atoms with Crippen molar-refractivity contribution >= 4 is 11.3 Å². The van der Waals surface area contributed by atoms with Crippen LogP contribution in [0.4, 0.5) is 0 Å². The van der Waals surface area contributed by atoms with Crippen LogP contribution in [0.25, 0.3) is 0 Å². The van der Waals surface area contributed by atoms with E-state index in [0.717, 1.165) is 12.2 Å². The maximum Gasteiger partial charge on any atom is 0.0982 e. The molecule has 2 N–H and O–H groups in total. The minimum Gasteiger partial charge on any atom is -0.395 e. The van der Waals surface area contributed by atoms with Gasteiger partial charge in [-0.15, -0.1) is 11.3 Å². The average Bonchev–Trinajstić information content (AvgIpc) is 2.66. The largest absolute Gasteiger partial charge is 0.395 e. The molecular formula is C13H24N2OS. The molecule has 0 saturated carbocycles.